The van der Waals surface area contributed by atoms with Crippen LogP contribution < -0.4 is 0 Å². The van der Waals surface area contributed by atoms with Crippen LogP contribution in [0.25, 0.3) is 0 Å². The van der Waals surface area contributed by atoms with Gasteiger partial charge in [0.2, 0.25) is 5.76 Å². The minimum absolute atomic E-state index is 0.0900. The molecule has 0 aliphatic carbocycles. The topological polar surface area (TPSA) is 151 Å². The number of aromatic hydroxyl groups is 1. The van der Waals surface area contributed by atoms with Crippen LogP contribution in [0.2, 0.25) is 0 Å². The van der Waals surface area contributed by atoms with Crippen molar-refractivity contribution < 1.29 is 40.2 Å². The summed E-state index contributed by atoms with van der Waals surface area (Å²) in [6, 6.07) is 17.7. The Morgan fingerprint density at radius 2 is 1.58 bits per heavy atom. The first-order chi connectivity index (χ1) is 17.2. The molecule has 2 aromatic rings. The molecule has 2 unspecified atom stereocenters. The quantitative estimate of drug-likeness (QED) is 0.314. The highest BCUT2D eigenvalue weighted by Crippen LogP contribution is 2.28. The number of rotatable bonds is 7. The molecule has 2 aliphatic rings. The first-order valence-corrected chi connectivity index (χ1v) is 12.1. The molecule has 0 bridgehead atoms. The van der Waals surface area contributed by atoms with Crippen LogP contribution in [0, 0.1) is 5.92 Å². The lowest BCUT2D eigenvalue weighted by atomic mass is 9.89. The molecule has 0 radical (unpaired) electrons. The molecule has 9 nitrogen and oxygen atoms in total. The molecule has 0 aromatic heterocycles. The number of phenols is 1. The highest BCUT2D eigenvalue weighted by atomic mass is 16.6. The van der Waals surface area contributed by atoms with Gasteiger partial charge in [-0.3, -0.25) is 4.90 Å². The van der Waals surface area contributed by atoms with E-state index in [1.807, 2.05) is 0 Å². The van der Waals surface area contributed by atoms with Gasteiger partial charge in [0, 0.05) is 6.04 Å². The third-order valence-electron chi connectivity index (χ3n) is 6.76. The van der Waals surface area contributed by atoms with Crippen LogP contribution in [-0.4, -0.2) is 79.5 Å². The van der Waals surface area contributed by atoms with Gasteiger partial charge >= 0.3 is 5.97 Å². The number of likely N-dealkylation sites (tertiary alicyclic amines) is 1. The summed E-state index contributed by atoms with van der Waals surface area (Å²) < 4.78 is 4.32. The second-order valence-corrected chi connectivity index (χ2v) is 9.26. The third kappa shape index (κ3) is 6.98. The van der Waals surface area contributed by atoms with Gasteiger partial charge in [-0.1, -0.05) is 42.5 Å². The zero-order chi connectivity index (χ0) is 26.2. The van der Waals surface area contributed by atoms with Crippen molar-refractivity contribution >= 4 is 5.97 Å². The van der Waals surface area contributed by atoms with Crippen molar-refractivity contribution in [1.29, 1.82) is 0 Å². The number of nitrogens with zero attached hydrogens (tertiary/aromatic N) is 1. The summed E-state index contributed by atoms with van der Waals surface area (Å²) in [5, 5.41) is 55.0. The Hall–Kier alpha value is -3.11. The van der Waals surface area contributed by atoms with E-state index < -0.39 is 42.4 Å². The van der Waals surface area contributed by atoms with Gasteiger partial charge in [-0.2, -0.15) is 0 Å². The zero-order valence-electron chi connectivity index (χ0n) is 20.3. The summed E-state index contributed by atoms with van der Waals surface area (Å²) in [7, 11) is 0. The van der Waals surface area contributed by atoms with Gasteiger partial charge in [0.25, 0.3) is 0 Å². The second-order valence-electron chi connectivity index (χ2n) is 9.26. The first-order valence-electron chi connectivity index (χ1n) is 12.1. The summed E-state index contributed by atoms with van der Waals surface area (Å²) in [6.07, 6.45) is 0.226. The summed E-state index contributed by atoms with van der Waals surface area (Å²) >= 11 is 0. The number of hydrogen-bond donors (Lipinski definition) is 6. The number of cyclic esters (lactones) is 1. The average Bonchev–Trinajstić information content (AvgIpc) is 3.16. The molecule has 4 rings (SSSR count). The van der Waals surface area contributed by atoms with Crippen LogP contribution in [0.3, 0.4) is 0 Å². The Kier molecular flexibility index (Phi) is 9.72. The SMILES string of the molecule is CC(C(O)c1ccc(O)cc1)N1CCC(Cc2ccccc2)CC1.O=C1O[C@H]([C@@H](O)CO)C(O)=C1O. The molecular formula is C27H35NO8. The maximum absolute atomic E-state index is 10.6. The fraction of sp³-hybridized carbons (Fsp3) is 0.444. The summed E-state index contributed by atoms with van der Waals surface area (Å²) in [6.45, 7) is 3.49. The lowest BCUT2D eigenvalue weighted by Crippen LogP contribution is -2.43. The Labute approximate surface area is 210 Å². The van der Waals surface area contributed by atoms with Gasteiger partial charge in [-0.15, -0.1) is 0 Å². The number of carbonyl (C=O) groups excluding carboxylic acids is 1. The molecule has 1 fully saturated rings. The lowest BCUT2D eigenvalue weighted by Gasteiger charge is -2.38. The molecular weight excluding hydrogens is 466 g/mol. The Morgan fingerprint density at radius 3 is 2.11 bits per heavy atom. The average molecular weight is 502 g/mol. The van der Waals surface area contributed by atoms with Crippen LogP contribution >= 0.6 is 0 Å². The van der Waals surface area contributed by atoms with E-state index in [1.54, 1.807) is 24.3 Å². The standard InChI is InChI=1S/C21H27NO2.C6H8O6/c1-16(21(24)19-7-9-20(23)10-8-19)22-13-11-18(12-14-22)15-17-5-3-2-4-6-17;7-1-2(8)5-3(9)4(10)6(11)12-5/h2-10,16,18,21,23-24H,11-15H2,1H3;2,5,7-10H,1H2/t;2-,5+/m.0/s1. The zero-order valence-corrected chi connectivity index (χ0v) is 20.3. The molecule has 196 valence electrons. The van der Waals surface area contributed by atoms with E-state index in [0.717, 1.165) is 31.0 Å². The second kappa shape index (κ2) is 12.7. The van der Waals surface area contributed by atoms with Crippen molar-refractivity contribution in [3.63, 3.8) is 0 Å². The molecule has 0 amide bonds. The maximum atomic E-state index is 10.6. The Morgan fingerprint density at radius 1 is 0.972 bits per heavy atom. The number of esters is 1. The summed E-state index contributed by atoms with van der Waals surface area (Å²) in [5.41, 5.74) is 2.29. The van der Waals surface area contributed by atoms with Crippen molar-refractivity contribution in [2.45, 2.75) is 50.5 Å². The van der Waals surface area contributed by atoms with E-state index >= 15 is 0 Å². The van der Waals surface area contributed by atoms with Crippen LogP contribution in [0.5, 0.6) is 5.75 Å². The van der Waals surface area contributed by atoms with Gasteiger partial charge < -0.3 is 35.4 Å². The largest absolute Gasteiger partial charge is 0.508 e. The molecule has 9 heteroatoms. The highest BCUT2D eigenvalue weighted by molar-refractivity contribution is 5.89. The monoisotopic (exact) mass is 501 g/mol. The minimum Gasteiger partial charge on any atom is -0.508 e. The molecule has 0 spiro atoms. The predicted octanol–water partition coefficient (Wildman–Crippen LogP) is 2.36. The number of aliphatic hydroxyl groups excluding tert-OH is 5. The van der Waals surface area contributed by atoms with Gasteiger partial charge in [0.15, 0.2) is 11.9 Å². The fourth-order valence-electron chi connectivity index (χ4n) is 4.48. The number of piperidine rings is 1. The van der Waals surface area contributed by atoms with Crippen molar-refractivity contribution in [3.8, 4) is 5.75 Å². The number of phenolic OH excluding ortho intramolecular Hbond substituents is 1. The molecule has 4 atom stereocenters. The molecule has 36 heavy (non-hydrogen) atoms. The molecule has 2 aliphatic heterocycles. The number of ether oxygens (including phenoxy) is 1. The number of hydrogen-bond acceptors (Lipinski definition) is 9. The van der Waals surface area contributed by atoms with Crippen LogP contribution in [0.15, 0.2) is 66.1 Å². The highest BCUT2D eigenvalue weighted by Gasteiger charge is 2.38. The van der Waals surface area contributed by atoms with Crippen LogP contribution in [0.1, 0.15) is 37.0 Å². The van der Waals surface area contributed by atoms with Crippen molar-refractivity contribution in [3.05, 3.63) is 77.2 Å². The van der Waals surface area contributed by atoms with E-state index in [1.165, 1.54) is 18.4 Å². The van der Waals surface area contributed by atoms with Gasteiger partial charge in [0.1, 0.15) is 11.9 Å². The predicted molar refractivity (Wildman–Crippen MR) is 132 cm³/mol. The minimum atomic E-state index is -1.42. The van der Waals surface area contributed by atoms with Gasteiger partial charge in [0.05, 0.1) is 12.7 Å². The first kappa shape index (κ1) is 27.5. The molecule has 2 heterocycles. The van der Waals surface area contributed by atoms with E-state index in [4.69, 9.17) is 20.4 Å². The van der Waals surface area contributed by atoms with E-state index in [9.17, 15) is 15.0 Å². The third-order valence-corrected chi connectivity index (χ3v) is 6.76. The Balaban J connectivity index is 0.000000253. The molecule has 6 N–H and O–H groups in total. The van der Waals surface area contributed by atoms with E-state index in [2.05, 4.69) is 46.9 Å². The Bertz CT molecular complexity index is 1000. The van der Waals surface area contributed by atoms with Gasteiger partial charge in [-0.25, -0.2) is 4.79 Å². The van der Waals surface area contributed by atoms with Gasteiger partial charge in [-0.05, 0) is 68.5 Å². The number of aliphatic hydroxyl groups is 5. The number of carbonyl (C=O) groups is 1. The summed E-state index contributed by atoms with van der Waals surface area (Å²) in [4.78, 5) is 12.9. The van der Waals surface area contributed by atoms with E-state index in [-0.39, 0.29) is 11.8 Å². The van der Waals surface area contributed by atoms with Crippen molar-refractivity contribution in [2.24, 2.45) is 5.92 Å². The molecule has 2 aromatic carbocycles. The number of benzene rings is 2. The lowest BCUT2D eigenvalue weighted by molar-refractivity contribution is -0.147. The van der Waals surface area contributed by atoms with Crippen LogP contribution in [0.4, 0.5) is 0 Å². The molecule has 0 saturated carbocycles. The van der Waals surface area contributed by atoms with Crippen molar-refractivity contribution in [2.75, 3.05) is 19.7 Å². The van der Waals surface area contributed by atoms with Crippen LogP contribution in [-0.2, 0) is 16.0 Å². The maximum Gasteiger partial charge on any atom is 0.377 e. The van der Waals surface area contributed by atoms with E-state index in [0.29, 0.717) is 0 Å². The fourth-order valence-corrected chi connectivity index (χ4v) is 4.48. The normalized spacial score (nSPS) is 21.3. The molecule has 1 saturated heterocycles. The summed E-state index contributed by atoms with van der Waals surface area (Å²) in [5.74, 6) is -1.80. The smallest absolute Gasteiger partial charge is 0.377 e. The van der Waals surface area contributed by atoms with Crippen molar-refractivity contribution in [1.82, 2.24) is 4.90 Å².